The number of rotatable bonds is 3. The number of carbonyl (C=O) groups excluding carboxylic acids is 1. The van der Waals surface area contributed by atoms with E-state index in [1.54, 1.807) is 31.2 Å². The molecule has 0 saturated carbocycles. The molecule has 0 saturated heterocycles. The quantitative estimate of drug-likeness (QED) is 0.637. The number of aromatic amines is 1. The van der Waals surface area contributed by atoms with Crippen LogP contribution in [0.15, 0.2) is 24.3 Å². The third kappa shape index (κ3) is 2.66. The van der Waals surface area contributed by atoms with Gasteiger partial charge in [0, 0.05) is 16.5 Å². The van der Waals surface area contributed by atoms with Crippen LogP contribution in [0.2, 0.25) is 0 Å². The molecule has 1 aromatic carbocycles. The van der Waals surface area contributed by atoms with Crippen molar-refractivity contribution in [3.05, 3.63) is 35.8 Å². The Labute approximate surface area is 130 Å². The van der Waals surface area contributed by atoms with Gasteiger partial charge in [-0.2, -0.15) is 4.98 Å². The molecule has 8 heteroatoms. The van der Waals surface area contributed by atoms with Crippen LogP contribution in [0.1, 0.15) is 17.4 Å². The first kappa shape index (κ1) is 14.8. The first-order chi connectivity index (χ1) is 11.0. The second-order valence-electron chi connectivity index (χ2n) is 4.84. The normalized spacial score (nSPS) is 10.9. The molecule has 7 nitrogen and oxygen atoms in total. The molecule has 23 heavy (non-hydrogen) atoms. The van der Waals surface area contributed by atoms with Gasteiger partial charge in [0.2, 0.25) is 5.95 Å². The Balaban J connectivity index is 2.09. The van der Waals surface area contributed by atoms with Gasteiger partial charge < -0.3 is 21.2 Å². The van der Waals surface area contributed by atoms with Crippen molar-refractivity contribution in [2.45, 2.75) is 6.92 Å². The highest BCUT2D eigenvalue weighted by atomic mass is 19.1. The highest BCUT2D eigenvalue weighted by Gasteiger charge is 2.15. The Kier molecular flexibility index (Phi) is 3.57. The van der Waals surface area contributed by atoms with Gasteiger partial charge in [0.15, 0.2) is 11.6 Å². The Morgan fingerprint density at radius 1 is 1.30 bits per heavy atom. The molecule has 2 aromatic heterocycles. The van der Waals surface area contributed by atoms with Crippen molar-refractivity contribution < 1.29 is 13.9 Å². The lowest BCUT2D eigenvalue weighted by Gasteiger charge is -2.05. The molecular weight excluding hydrogens is 301 g/mol. The smallest absolute Gasteiger partial charge is 0.354 e. The number of esters is 1. The molecule has 0 radical (unpaired) electrons. The number of nitrogens with zero attached hydrogens (tertiary/aromatic N) is 2. The fourth-order valence-electron chi connectivity index (χ4n) is 2.27. The van der Waals surface area contributed by atoms with Crippen molar-refractivity contribution >= 4 is 28.6 Å². The number of H-pyrrole nitrogens is 1. The van der Waals surface area contributed by atoms with Crippen molar-refractivity contribution in [3.63, 3.8) is 0 Å². The molecule has 0 aliphatic rings. The van der Waals surface area contributed by atoms with E-state index in [2.05, 4.69) is 15.0 Å². The molecule has 0 aliphatic heterocycles. The summed E-state index contributed by atoms with van der Waals surface area (Å²) in [6, 6.07) is 6.67. The van der Waals surface area contributed by atoms with E-state index in [0.717, 1.165) is 0 Å². The maximum atomic E-state index is 14.1. The zero-order valence-electron chi connectivity index (χ0n) is 12.3. The van der Waals surface area contributed by atoms with Crippen LogP contribution in [0, 0.1) is 5.82 Å². The Morgan fingerprint density at radius 3 is 2.83 bits per heavy atom. The fraction of sp³-hybridized carbons (Fsp3) is 0.133. The summed E-state index contributed by atoms with van der Waals surface area (Å²) >= 11 is 0. The Morgan fingerprint density at radius 2 is 2.09 bits per heavy atom. The van der Waals surface area contributed by atoms with Gasteiger partial charge in [-0.1, -0.05) is 6.07 Å². The third-order valence-corrected chi connectivity index (χ3v) is 3.28. The molecule has 0 bridgehead atoms. The molecule has 0 aliphatic carbocycles. The summed E-state index contributed by atoms with van der Waals surface area (Å²) in [5, 5.41) is 0.709. The molecule has 0 unspecified atom stereocenters. The number of aromatic nitrogens is 3. The maximum Gasteiger partial charge on any atom is 0.354 e. The van der Waals surface area contributed by atoms with E-state index >= 15 is 0 Å². The molecule has 5 N–H and O–H groups in total. The SMILES string of the molecule is CCOC(=O)c1cc2cc(-c3nc(N)nc(N)c3F)ccc2[nH]1. The minimum absolute atomic E-state index is 0.00999. The minimum atomic E-state index is -0.736. The van der Waals surface area contributed by atoms with Crippen molar-refractivity contribution in [2.75, 3.05) is 18.1 Å². The molecule has 3 rings (SSSR count). The summed E-state index contributed by atoms with van der Waals surface area (Å²) in [5.41, 5.74) is 12.5. The summed E-state index contributed by atoms with van der Waals surface area (Å²) in [6.07, 6.45) is 0. The van der Waals surface area contributed by atoms with Crippen LogP contribution in [-0.4, -0.2) is 27.5 Å². The molecule has 0 spiro atoms. The topological polar surface area (TPSA) is 120 Å². The van der Waals surface area contributed by atoms with Crippen molar-refractivity contribution in [3.8, 4) is 11.3 Å². The average Bonchev–Trinajstić information content (AvgIpc) is 2.94. The molecule has 0 fully saturated rings. The molecule has 0 atom stereocenters. The Hall–Kier alpha value is -3.16. The Bertz CT molecular complexity index is 906. The van der Waals surface area contributed by atoms with Crippen LogP contribution in [0.5, 0.6) is 0 Å². The average molecular weight is 315 g/mol. The molecule has 0 amide bonds. The molecule has 2 heterocycles. The van der Waals surface area contributed by atoms with Crippen LogP contribution in [0.25, 0.3) is 22.2 Å². The fourth-order valence-corrected chi connectivity index (χ4v) is 2.27. The minimum Gasteiger partial charge on any atom is -0.461 e. The second kappa shape index (κ2) is 5.56. The number of ether oxygens (including phenoxy) is 1. The summed E-state index contributed by atoms with van der Waals surface area (Å²) < 4.78 is 19.1. The zero-order chi connectivity index (χ0) is 16.6. The van der Waals surface area contributed by atoms with Crippen LogP contribution in [0.4, 0.5) is 16.2 Å². The van der Waals surface area contributed by atoms with E-state index in [0.29, 0.717) is 22.2 Å². The van der Waals surface area contributed by atoms with E-state index in [9.17, 15) is 9.18 Å². The maximum absolute atomic E-state index is 14.1. The first-order valence-corrected chi connectivity index (χ1v) is 6.88. The van der Waals surface area contributed by atoms with Crippen LogP contribution < -0.4 is 11.5 Å². The van der Waals surface area contributed by atoms with Gasteiger partial charge in [-0.25, -0.2) is 14.2 Å². The number of hydrogen-bond acceptors (Lipinski definition) is 6. The number of nitrogens with two attached hydrogens (primary N) is 2. The van der Waals surface area contributed by atoms with Gasteiger partial charge in [0.25, 0.3) is 0 Å². The largest absolute Gasteiger partial charge is 0.461 e. The lowest BCUT2D eigenvalue weighted by Crippen LogP contribution is -2.05. The van der Waals surface area contributed by atoms with Crippen LogP contribution >= 0.6 is 0 Å². The third-order valence-electron chi connectivity index (χ3n) is 3.28. The molecule has 3 aromatic rings. The molecule has 118 valence electrons. The number of benzene rings is 1. The number of halogens is 1. The second-order valence-corrected chi connectivity index (χ2v) is 4.84. The van der Waals surface area contributed by atoms with E-state index < -0.39 is 11.8 Å². The highest BCUT2D eigenvalue weighted by Crippen LogP contribution is 2.28. The number of anilines is 2. The number of nitrogens with one attached hydrogen (secondary N) is 1. The van der Waals surface area contributed by atoms with Gasteiger partial charge in [-0.3, -0.25) is 0 Å². The standard InChI is InChI=1S/C15H14FN5O2/c1-2-23-14(22)10-6-8-5-7(3-4-9(8)19-10)12-11(16)13(17)21-15(18)20-12/h3-6,19H,2H2,1H3,(H4,17,18,20,21). The summed E-state index contributed by atoms with van der Waals surface area (Å²) in [6.45, 7) is 2.01. The van der Waals surface area contributed by atoms with E-state index in [1.165, 1.54) is 0 Å². The van der Waals surface area contributed by atoms with E-state index in [-0.39, 0.29) is 24.1 Å². The van der Waals surface area contributed by atoms with Gasteiger partial charge in [0.05, 0.1) is 6.61 Å². The monoisotopic (exact) mass is 315 g/mol. The number of fused-ring (bicyclic) bond motifs is 1. The van der Waals surface area contributed by atoms with Crippen LogP contribution in [-0.2, 0) is 4.74 Å². The summed E-state index contributed by atoms with van der Waals surface area (Å²) in [4.78, 5) is 22.2. The first-order valence-electron chi connectivity index (χ1n) is 6.88. The summed E-state index contributed by atoms with van der Waals surface area (Å²) in [5.74, 6) is -1.61. The van der Waals surface area contributed by atoms with Gasteiger partial charge in [-0.05, 0) is 25.1 Å². The number of hydrogen-bond donors (Lipinski definition) is 3. The van der Waals surface area contributed by atoms with Crippen LogP contribution in [0.3, 0.4) is 0 Å². The number of nitrogen functional groups attached to an aromatic ring is 2. The molecular formula is C15H14FN5O2. The van der Waals surface area contributed by atoms with Crippen molar-refractivity contribution in [1.82, 2.24) is 15.0 Å². The highest BCUT2D eigenvalue weighted by molar-refractivity contribution is 5.96. The van der Waals surface area contributed by atoms with Gasteiger partial charge >= 0.3 is 5.97 Å². The van der Waals surface area contributed by atoms with E-state index in [4.69, 9.17) is 16.2 Å². The predicted molar refractivity (Wildman–Crippen MR) is 84.1 cm³/mol. The zero-order valence-corrected chi connectivity index (χ0v) is 12.3. The summed E-state index contributed by atoms with van der Waals surface area (Å²) in [7, 11) is 0. The predicted octanol–water partition coefficient (Wildman–Crippen LogP) is 2.11. The van der Waals surface area contributed by atoms with Gasteiger partial charge in [-0.15, -0.1) is 0 Å². The number of carbonyl (C=O) groups is 1. The van der Waals surface area contributed by atoms with Crippen molar-refractivity contribution in [1.29, 1.82) is 0 Å². The lowest BCUT2D eigenvalue weighted by atomic mass is 10.1. The van der Waals surface area contributed by atoms with E-state index in [1.807, 2.05) is 0 Å². The van der Waals surface area contributed by atoms with Crippen molar-refractivity contribution in [2.24, 2.45) is 0 Å². The lowest BCUT2D eigenvalue weighted by molar-refractivity contribution is 0.0520. The van der Waals surface area contributed by atoms with Gasteiger partial charge in [0.1, 0.15) is 11.4 Å².